The van der Waals surface area contributed by atoms with Gasteiger partial charge in [-0.3, -0.25) is 0 Å². The number of halogens is 1. The number of amides is 1. The number of anilines is 1. The van der Waals surface area contributed by atoms with E-state index in [0.717, 1.165) is 53.5 Å². The van der Waals surface area contributed by atoms with Gasteiger partial charge in [0.15, 0.2) is 0 Å². The molecule has 0 unspecified atom stereocenters. The topological polar surface area (TPSA) is 59.4 Å². The molecule has 0 radical (unpaired) electrons. The van der Waals surface area contributed by atoms with E-state index in [0.29, 0.717) is 19.0 Å². The molecule has 0 bridgehead atoms. The van der Waals surface area contributed by atoms with Gasteiger partial charge in [-0.2, -0.15) is 0 Å². The Morgan fingerprint density at radius 1 is 1.22 bits per heavy atom. The third-order valence-corrected chi connectivity index (χ3v) is 5.84. The van der Waals surface area contributed by atoms with Gasteiger partial charge in [-0.05, 0) is 69.4 Å². The Balaban J connectivity index is 1.47. The van der Waals surface area contributed by atoms with Crippen LogP contribution in [0.1, 0.15) is 39.2 Å². The number of hydrogen-bond donors (Lipinski definition) is 1. The number of fused-ring (bicyclic) bond motifs is 1. The highest BCUT2D eigenvalue weighted by atomic mass is 35.5. The minimum Gasteiger partial charge on any atom is -0.444 e. The van der Waals surface area contributed by atoms with E-state index in [9.17, 15) is 4.79 Å². The Labute approximate surface area is 194 Å². The van der Waals surface area contributed by atoms with Crippen molar-refractivity contribution < 1.29 is 9.53 Å². The molecule has 170 valence electrons. The number of carbonyl (C=O) groups is 1. The van der Waals surface area contributed by atoms with Crippen molar-refractivity contribution in [1.82, 2.24) is 14.5 Å². The molecule has 7 heteroatoms. The predicted octanol–water partition coefficient (Wildman–Crippen LogP) is 5.80. The number of hydrogen-bond acceptors (Lipinski definition) is 4. The average Bonchev–Trinajstić information content (AvgIpc) is 3.09. The highest BCUT2D eigenvalue weighted by Gasteiger charge is 2.27. The second kappa shape index (κ2) is 9.41. The number of ether oxygens (including phenoxy) is 1. The van der Waals surface area contributed by atoms with Crippen LogP contribution in [-0.2, 0) is 11.3 Å². The van der Waals surface area contributed by atoms with E-state index in [2.05, 4.69) is 22.0 Å². The van der Waals surface area contributed by atoms with Crippen LogP contribution < -0.4 is 5.32 Å². The van der Waals surface area contributed by atoms with Crippen molar-refractivity contribution >= 4 is 34.7 Å². The molecule has 3 aromatic rings. The first-order chi connectivity index (χ1) is 15.3. The van der Waals surface area contributed by atoms with Crippen LogP contribution in [0.4, 0.5) is 10.7 Å². The first-order valence-electron chi connectivity index (χ1n) is 11.2. The van der Waals surface area contributed by atoms with E-state index >= 15 is 0 Å². The second-order valence-corrected chi connectivity index (χ2v) is 9.89. The Hall–Kier alpha value is -2.73. The number of carbonyl (C=O) groups excluding carboxylic acids is 1. The van der Waals surface area contributed by atoms with E-state index in [1.54, 1.807) is 0 Å². The molecule has 0 saturated carbocycles. The van der Waals surface area contributed by atoms with Gasteiger partial charge in [-0.25, -0.2) is 9.78 Å². The highest BCUT2D eigenvalue weighted by Crippen LogP contribution is 2.24. The summed E-state index contributed by atoms with van der Waals surface area (Å²) in [6, 6.07) is 16.1. The lowest BCUT2D eigenvalue weighted by atomic mass is 9.98. The third kappa shape index (κ3) is 5.54. The zero-order chi connectivity index (χ0) is 22.7. The lowest BCUT2D eigenvalue weighted by Gasteiger charge is -2.34. The van der Waals surface area contributed by atoms with E-state index in [4.69, 9.17) is 21.3 Å². The summed E-state index contributed by atoms with van der Waals surface area (Å²) in [5.41, 5.74) is 2.68. The van der Waals surface area contributed by atoms with Gasteiger partial charge in [-0.15, -0.1) is 0 Å². The van der Waals surface area contributed by atoms with E-state index in [1.807, 2.05) is 62.1 Å². The normalized spacial score (nSPS) is 16.9. The number of rotatable bonds is 5. The molecule has 1 atom stereocenters. The molecule has 1 aliphatic heterocycles. The highest BCUT2D eigenvalue weighted by molar-refractivity contribution is 6.30. The summed E-state index contributed by atoms with van der Waals surface area (Å²) in [6.45, 7) is 8.57. The lowest BCUT2D eigenvalue weighted by molar-refractivity contribution is 0.0172. The Kier molecular flexibility index (Phi) is 6.60. The van der Waals surface area contributed by atoms with Gasteiger partial charge in [0.1, 0.15) is 5.60 Å². The van der Waals surface area contributed by atoms with Crippen molar-refractivity contribution in [2.75, 3.05) is 25.0 Å². The molecule has 4 rings (SSSR count). The monoisotopic (exact) mass is 454 g/mol. The SMILES string of the molecule is CC(C)(C)OC(=O)N1CCC[C@H](CNc2nc3ccccc3n2Cc2cccc(Cl)c2)C1. The molecule has 0 aliphatic carbocycles. The van der Waals surface area contributed by atoms with E-state index < -0.39 is 5.60 Å². The molecule has 1 aliphatic rings. The van der Waals surface area contributed by atoms with Crippen LogP contribution in [0.25, 0.3) is 11.0 Å². The Morgan fingerprint density at radius 3 is 2.81 bits per heavy atom. The zero-order valence-electron chi connectivity index (χ0n) is 19.0. The molecular formula is C25H31ClN4O2. The predicted molar refractivity (Wildman–Crippen MR) is 129 cm³/mol. The van der Waals surface area contributed by atoms with Crippen LogP contribution in [0.3, 0.4) is 0 Å². The van der Waals surface area contributed by atoms with Crippen LogP contribution in [0.2, 0.25) is 5.02 Å². The Bertz CT molecular complexity index is 1090. The van der Waals surface area contributed by atoms with Gasteiger partial charge < -0.3 is 19.5 Å². The largest absolute Gasteiger partial charge is 0.444 e. The fourth-order valence-corrected chi connectivity index (χ4v) is 4.36. The number of likely N-dealkylation sites (tertiary alicyclic amines) is 1. The fraction of sp³-hybridized carbons (Fsp3) is 0.440. The number of benzene rings is 2. The van der Waals surface area contributed by atoms with Crippen LogP contribution >= 0.6 is 11.6 Å². The second-order valence-electron chi connectivity index (χ2n) is 9.46. The molecule has 6 nitrogen and oxygen atoms in total. The molecular weight excluding hydrogens is 424 g/mol. The molecule has 0 spiro atoms. The minimum atomic E-state index is -0.479. The average molecular weight is 455 g/mol. The number of aromatic nitrogens is 2. The summed E-state index contributed by atoms with van der Waals surface area (Å²) >= 11 is 6.20. The van der Waals surface area contributed by atoms with Crippen LogP contribution in [-0.4, -0.2) is 45.8 Å². The third-order valence-electron chi connectivity index (χ3n) is 5.60. The number of imidazole rings is 1. The summed E-state index contributed by atoms with van der Waals surface area (Å²) in [6.07, 6.45) is 1.82. The summed E-state index contributed by atoms with van der Waals surface area (Å²) < 4.78 is 7.75. The Morgan fingerprint density at radius 2 is 2.03 bits per heavy atom. The molecule has 1 aromatic heterocycles. The maximum absolute atomic E-state index is 12.5. The van der Waals surface area contributed by atoms with Gasteiger partial charge in [0.05, 0.1) is 17.6 Å². The van der Waals surface area contributed by atoms with Crippen LogP contribution in [0.15, 0.2) is 48.5 Å². The van der Waals surface area contributed by atoms with Gasteiger partial charge >= 0.3 is 6.09 Å². The van der Waals surface area contributed by atoms with Crippen molar-refractivity contribution in [2.45, 2.75) is 45.8 Å². The molecule has 2 heterocycles. The number of nitrogens with zero attached hydrogens (tertiary/aromatic N) is 3. The van der Waals surface area contributed by atoms with Crippen molar-refractivity contribution in [3.8, 4) is 0 Å². The maximum atomic E-state index is 12.5. The molecule has 1 saturated heterocycles. The quantitative estimate of drug-likeness (QED) is 0.529. The number of para-hydroxylation sites is 2. The maximum Gasteiger partial charge on any atom is 0.410 e. The standard InChI is InChI=1S/C25H31ClN4O2/c1-25(2,3)32-24(31)29-13-7-9-19(16-29)15-27-23-28-21-11-4-5-12-22(21)30(23)17-18-8-6-10-20(26)14-18/h4-6,8,10-12,14,19H,7,9,13,15-17H2,1-3H3,(H,27,28)/t19-/m1/s1. The number of piperidine rings is 1. The van der Waals surface area contributed by atoms with Gasteiger partial charge in [-0.1, -0.05) is 35.9 Å². The summed E-state index contributed by atoms with van der Waals surface area (Å²) in [5, 5.41) is 4.28. The van der Waals surface area contributed by atoms with Gasteiger partial charge in [0, 0.05) is 24.7 Å². The molecule has 2 aromatic carbocycles. The van der Waals surface area contributed by atoms with E-state index in [1.165, 1.54) is 0 Å². The fourth-order valence-electron chi connectivity index (χ4n) is 4.15. The zero-order valence-corrected chi connectivity index (χ0v) is 19.7. The van der Waals surface area contributed by atoms with Crippen molar-refractivity contribution in [2.24, 2.45) is 5.92 Å². The van der Waals surface area contributed by atoms with Crippen LogP contribution in [0.5, 0.6) is 0 Å². The van der Waals surface area contributed by atoms with Crippen molar-refractivity contribution in [3.63, 3.8) is 0 Å². The van der Waals surface area contributed by atoms with E-state index in [-0.39, 0.29) is 6.09 Å². The number of nitrogens with one attached hydrogen (secondary N) is 1. The van der Waals surface area contributed by atoms with Crippen molar-refractivity contribution in [3.05, 3.63) is 59.1 Å². The summed E-state index contributed by atoms with van der Waals surface area (Å²) in [4.78, 5) is 19.2. The van der Waals surface area contributed by atoms with Gasteiger partial charge in [0.25, 0.3) is 0 Å². The van der Waals surface area contributed by atoms with Gasteiger partial charge in [0.2, 0.25) is 5.95 Å². The van der Waals surface area contributed by atoms with Crippen molar-refractivity contribution in [1.29, 1.82) is 0 Å². The minimum absolute atomic E-state index is 0.226. The molecule has 32 heavy (non-hydrogen) atoms. The smallest absolute Gasteiger partial charge is 0.410 e. The first-order valence-corrected chi connectivity index (χ1v) is 11.6. The molecule has 1 fully saturated rings. The van der Waals surface area contributed by atoms with Crippen LogP contribution in [0, 0.1) is 5.92 Å². The first kappa shape index (κ1) is 22.5. The molecule has 1 N–H and O–H groups in total. The molecule has 1 amide bonds. The summed E-state index contributed by atoms with van der Waals surface area (Å²) in [7, 11) is 0. The summed E-state index contributed by atoms with van der Waals surface area (Å²) in [5.74, 6) is 1.18. The lowest BCUT2D eigenvalue weighted by Crippen LogP contribution is -2.44.